The SMILES string of the molecule is O=C1C=CCC2=C1c1cn[nH]c1C(=O)C2. The van der Waals surface area contributed by atoms with E-state index in [2.05, 4.69) is 10.2 Å². The lowest BCUT2D eigenvalue weighted by Crippen LogP contribution is -2.17. The van der Waals surface area contributed by atoms with Gasteiger partial charge in [-0.2, -0.15) is 5.10 Å². The van der Waals surface area contributed by atoms with Crippen LogP contribution in [0.3, 0.4) is 0 Å². The van der Waals surface area contributed by atoms with E-state index in [0.717, 1.165) is 5.57 Å². The van der Waals surface area contributed by atoms with Crippen LogP contribution in [0.5, 0.6) is 0 Å². The first-order valence-corrected chi connectivity index (χ1v) is 4.77. The zero-order chi connectivity index (χ0) is 10.4. The van der Waals surface area contributed by atoms with Crippen molar-refractivity contribution in [3.8, 4) is 0 Å². The Kier molecular flexibility index (Phi) is 1.54. The van der Waals surface area contributed by atoms with Gasteiger partial charge >= 0.3 is 0 Å². The number of Topliss-reactive ketones (excluding diaryl/α,β-unsaturated/α-hetero) is 1. The quantitative estimate of drug-likeness (QED) is 0.686. The number of rotatable bonds is 0. The Hall–Kier alpha value is -1.97. The second kappa shape index (κ2) is 2.76. The molecule has 1 aromatic rings. The van der Waals surface area contributed by atoms with Gasteiger partial charge in [0.25, 0.3) is 0 Å². The normalized spacial score (nSPS) is 19.2. The molecule has 0 atom stereocenters. The van der Waals surface area contributed by atoms with Gasteiger partial charge < -0.3 is 0 Å². The van der Waals surface area contributed by atoms with Crippen molar-refractivity contribution < 1.29 is 9.59 Å². The molecule has 0 saturated carbocycles. The van der Waals surface area contributed by atoms with Crippen LogP contribution in [0.25, 0.3) is 5.57 Å². The smallest absolute Gasteiger partial charge is 0.186 e. The monoisotopic (exact) mass is 200 g/mol. The highest BCUT2D eigenvalue weighted by molar-refractivity contribution is 6.31. The van der Waals surface area contributed by atoms with Crippen molar-refractivity contribution in [2.75, 3.05) is 0 Å². The fourth-order valence-electron chi connectivity index (χ4n) is 2.12. The van der Waals surface area contributed by atoms with Gasteiger partial charge in [0, 0.05) is 17.6 Å². The average molecular weight is 200 g/mol. The van der Waals surface area contributed by atoms with E-state index in [1.807, 2.05) is 0 Å². The molecule has 0 fully saturated rings. The van der Waals surface area contributed by atoms with Crippen LogP contribution >= 0.6 is 0 Å². The minimum Gasteiger partial charge on any atom is -0.292 e. The molecule has 0 spiro atoms. The van der Waals surface area contributed by atoms with E-state index in [1.54, 1.807) is 18.3 Å². The summed E-state index contributed by atoms with van der Waals surface area (Å²) in [5.74, 6) is -0.00394. The number of carbonyl (C=O) groups is 2. The first kappa shape index (κ1) is 8.35. The fourth-order valence-corrected chi connectivity index (χ4v) is 2.12. The highest BCUT2D eigenvalue weighted by Crippen LogP contribution is 2.34. The Morgan fingerprint density at radius 1 is 1.33 bits per heavy atom. The second-order valence-corrected chi connectivity index (χ2v) is 3.71. The summed E-state index contributed by atoms with van der Waals surface area (Å²) in [7, 11) is 0. The van der Waals surface area contributed by atoms with Crippen molar-refractivity contribution in [3.05, 3.63) is 35.2 Å². The van der Waals surface area contributed by atoms with Gasteiger partial charge in [-0.15, -0.1) is 0 Å². The second-order valence-electron chi connectivity index (χ2n) is 3.71. The molecule has 1 N–H and O–H groups in total. The average Bonchev–Trinajstić information content (AvgIpc) is 2.66. The summed E-state index contributed by atoms with van der Waals surface area (Å²) in [5.41, 5.74) is 2.72. The van der Waals surface area contributed by atoms with E-state index in [9.17, 15) is 9.59 Å². The Bertz CT molecular complexity index is 535. The lowest BCUT2D eigenvalue weighted by atomic mass is 9.83. The molecule has 0 saturated heterocycles. The van der Waals surface area contributed by atoms with Crippen molar-refractivity contribution in [1.29, 1.82) is 0 Å². The number of fused-ring (bicyclic) bond motifs is 2. The topological polar surface area (TPSA) is 62.8 Å². The lowest BCUT2D eigenvalue weighted by Gasteiger charge is -2.19. The summed E-state index contributed by atoms with van der Waals surface area (Å²) in [6, 6.07) is 0. The minimum absolute atomic E-state index is 0.0179. The summed E-state index contributed by atoms with van der Waals surface area (Å²) in [6.07, 6.45) is 5.95. The molecular weight excluding hydrogens is 192 g/mol. The maximum Gasteiger partial charge on any atom is 0.186 e. The molecule has 0 aromatic carbocycles. The van der Waals surface area contributed by atoms with E-state index in [0.29, 0.717) is 29.7 Å². The van der Waals surface area contributed by atoms with E-state index in [1.165, 1.54) is 0 Å². The predicted octanol–water partition coefficient (Wildman–Crippen LogP) is 1.28. The van der Waals surface area contributed by atoms with Crippen molar-refractivity contribution in [3.63, 3.8) is 0 Å². The Balaban J connectivity index is 2.26. The number of nitrogens with one attached hydrogen (secondary N) is 1. The van der Waals surface area contributed by atoms with Gasteiger partial charge in [-0.05, 0) is 18.1 Å². The molecule has 0 unspecified atom stereocenters. The van der Waals surface area contributed by atoms with Gasteiger partial charge in [0.2, 0.25) is 0 Å². The van der Waals surface area contributed by atoms with Crippen LogP contribution in [0.2, 0.25) is 0 Å². The van der Waals surface area contributed by atoms with Gasteiger partial charge in [-0.1, -0.05) is 6.08 Å². The molecule has 0 radical (unpaired) electrons. The van der Waals surface area contributed by atoms with Crippen LogP contribution in [0.15, 0.2) is 23.9 Å². The molecule has 15 heavy (non-hydrogen) atoms. The lowest BCUT2D eigenvalue weighted by molar-refractivity contribution is -0.109. The molecule has 0 bridgehead atoms. The first-order valence-electron chi connectivity index (χ1n) is 4.77. The molecule has 2 aliphatic rings. The predicted molar refractivity (Wildman–Crippen MR) is 53.2 cm³/mol. The van der Waals surface area contributed by atoms with Gasteiger partial charge in [-0.3, -0.25) is 14.7 Å². The molecule has 1 heterocycles. The molecular formula is C11H8N2O2. The Morgan fingerprint density at radius 3 is 3.07 bits per heavy atom. The summed E-state index contributed by atoms with van der Waals surface area (Å²) >= 11 is 0. The number of aromatic amines is 1. The van der Waals surface area contributed by atoms with Gasteiger partial charge in [0.1, 0.15) is 5.69 Å². The Labute approximate surface area is 85.7 Å². The minimum atomic E-state index is -0.0219. The molecule has 4 heteroatoms. The van der Waals surface area contributed by atoms with Crippen LogP contribution in [-0.2, 0) is 4.79 Å². The number of ketones is 2. The van der Waals surface area contributed by atoms with E-state index >= 15 is 0 Å². The third-order valence-corrected chi connectivity index (χ3v) is 2.79. The van der Waals surface area contributed by atoms with Crippen LogP contribution in [0.1, 0.15) is 28.9 Å². The highest BCUT2D eigenvalue weighted by Gasteiger charge is 2.30. The summed E-state index contributed by atoms with van der Waals surface area (Å²) in [4.78, 5) is 23.4. The number of hydrogen-bond acceptors (Lipinski definition) is 3. The van der Waals surface area contributed by atoms with Crippen LogP contribution in [0.4, 0.5) is 0 Å². The Morgan fingerprint density at radius 2 is 2.20 bits per heavy atom. The summed E-state index contributed by atoms with van der Waals surface area (Å²) in [5, 5.41) is 6.47. The zero-order valence-corrected chi connectivity index (χ0v) is 7.91. The standard InChI is InChI=1S/C11H8N2O2/c14-8-3-1-2-6-4-9(15)11-7(10(6)8)5-12-13-11/h1,3,5H,2,4H2,(H,12,13). The number of carbonyl (C=O) groups excluding carboxylic acids is 2. The molecule has 3 rings (SSSR count). The number of H-pyrrole nitrogens is 1. The molecule has 74 valence electrons. The number of aromatic nitrogens is 2. The first-order chi connectivity index (χ1) is 7.27. The maximum absolute atomic E-state index is 11.7. The molecule has 1 aromatic heterocycles. The van der Waals surface area contributed by atoms with Gasteiger partial charge in [-0.25, -0.2) is 0 Å². The van der Waals surface area contributed by atoms with E-state index in [-0.39, 0.29) is 11.6 Å². The van der Waals surface area contributed by atoms with Crippen LogP contribution in [0, 0.1) is 0 Å². The van der Waals surface area contributed by atoms with Crippen molar-refractivity contribution in [2.45, 2.75) is 12.8 Å². The van der Waals surface area contributed by atoms with Gasteiger partial charge in [0.05, 0.1) is 6.20 Å². The van der Waals surface area contributed by atoms with Crippen LogP contribution in [-0.4, -0.2) is 21.8 Å². The van der Waals surface area contributed by atoms with Crippen LogP contribution < -0.4 is 0 Å². The van der Waals surface area contributed by atoms with Crippen molar-refractivity contribution in [1.82, 2.24) is 10.2 Å². The summed E-state index contributed by atoms with van der Waals surface area (Å²) in [6.45, 7) is 0. The van der Waals surface area contributed by atoms with Crippen molar-refractivity contribution in [2.24, 2.45) is 0 Å². The molecule has 0 aliphatic heterocycles. The maximum atomic E-state index is 11.7. The van der Waals surface area contributed by atoms with E-state index in [4.69, 9.17) is 0 Å². The summed E-state index contributed by atoms with van der Waals surface area (Å²) < 4.78 is 0. The highest BCUT2D eigenvalue weighted by atomic mass is 16.1. The number of allylic oxidation sites excluding steroid dienone is 4. The van der Waals surface area contributed by atoms with Gasteiger partial charge in [0.15, 0.2) is 11.6 Å². The molecule has 4 nitrogen and oxygen atoms in total. The number of nitrogens with zero attached hydrogens (tertiary/aromatic N) is 1. The largest absolute Gasteiger partial charge is 0.292 e. The zero-order valence-electron chi connectivity index (χ0n) is 7.91. The third-order valence-electron chi connectivity index (χ3n) is 2.79. The van der Waals surface area contributed by atoms with E-state index < -0.39 is 0 Å². The van der Waals surface area contributed by atoms with Crippen molar-refractivity contribution >= 4 is 17.1 Å². The molecule has 0 amide bonds. The third kappa shape index (κ3) is 1.05. The fraction of sp³-hybridized carbons (Fsp3) is 0.182. The molecule has 2 aliphatic carbocycles. The number of hydrogen-bond donors (Lipinski definition) is 1.